The Hall–Kier alpha value is -3.88. The van der Waals surface area contributed by atoms with Crippen LogP contribution in [0.15, 0.2) is 37.1 Å². The van der Waals surface area contributed by atoms with E-state index in [1.54, 1.807) is 19.2 Å². The first kappa shape index (κ1) is 26.2. The summed E-state index contributed by atoms with van der Waals surface area (Å²) in [6.45, 7) is 0.141. The molecule has 4 rings (SSSR count). The van der Waals surface area contributed by atoms with E-state index in [1.807, 2.05) is 0 Å². The summed E-state index contributed by atoms with van der Waals surface area (Å²) in [5, 5.41) is 2.74. The number of hydrogen-bond donors (Lipinski definition) is 1. The number of halogens is 5. The van der Waals surface area contributed by atoms with Crippen LogP contribution in [0.2, 0.25) is 0 Å². The number of imidazole rings is 1. The number of morpholine rings is 1. The van der Waals surface area contributed by atoms with Crippen molar-refractivity contribution < 1.29 is 36.2 Å². The molecule has 0 saturated carbocycles. The number of nitrogens with one attached hydrogen (secondary N) is 1. The summed E-state index contributed by atoms with van der Waals surface area (Å²) in [4.78, 5) is 29.9. The second kappa shape index (κ2) is 9.88. The van der Waals surface area contributed by atoms with E-state index in [-0.39, 0.29) is 18.1 Å². The number of anilines is 1. The number of methoxy groups -OCH3 is 1. The van der Waals surface area contributed by atoms with Gasteiger partial charge in [0.05, 0.1) is 55.6 Å². The fourth-order valence-corrected chi connectivity index (χ4v) is 3.90. The standard InChI is InChI=1S/C22H22F5N7O3/c1-12-15(7-30-17-9-29-16(8-31-17)22(25,26)27)34(10-21(23,24)37-12)20(35)18-19(33(2)11-32-18)14-5-4-13(36-3)6-28-14/h4-6,8-9,11-12,15H,7,10H2,1-3H3,(H,30,31)/t12-,15+/m0/s1. The Bertz CT molecular complexity index is 1250. The van der Waals surface area contributed by atoms with Crippen molar-refractivity contribution in [2.75, 3.05) is 25.5 Å². The molecular formula is C22H22F5N7O3. The highest BCUT2D eigenvalue weighted by Gasteiger charge is 2.48. The van der Waals surface area contributed by atoms with Gasteiger partial charge in [-0.25, -0.2) is 15.0 Å². The van der Waals surface area contributed by atoms with Crippen molar-refractivity contribution in [3.05, 3.63) is 48.4 Å². The van der Waals surface area contributed by atoms with Crippen molar-refractivity contribution in [3.63, 3.8) is 0 Å². The number of nitrogens with zero attached hydrogens (tertiary/aromatic N) is 6. The lowest BCUT2D eigenvalue weighted by molar-refractivity contribution is -0.298. The van der Waals surface area contributed by atoms with Gasteiger partial charge in [0, 0.05) is 13.6 Å². The first-order valence-electron chi connectivity index (χ1n) is 10.9. The smallest absolute Gasteiger partial charge is 0.434 e. The molecule has 37 heavy (non-hydrogen) atoms. The number of aromatic nitrogens is 5. The van der Waals surface area contributed by atoms with Gasteiger partial charge in [-0.1, -0.05) is 0 Å². The lowest BCUT2D eigenvalue weighted by atomic mass is 10.1. The van der Waals surface area contributed by atoms with Crippen LogP contribution in [0.25, 0.3) is 11.4 Å². The van der Waals surface area contributed by atoms with Crippen molar-refractivity contribution in [2.45, 2.75) is 31.4 Å². The molecule has 3 aromatic heterocycles. The zero-order chi connectivity index (χ0) is 27.0. The average molecular weight is 527 g/mol. The van der Waals surface area contributed by atoms with E-state index < -0.39 is 42.6 Å². The first-order chi connectivity index (χ1) is 17.4. The van der Waals surface area contributed by atoms with E-state index in [1.165, 1.54) is 31.1 Å². The highest BCUT2D eigenvalue weighted by molar-refractivity contribution is 5.98. The molecule has 198 valence electrons. The molecular weight excluding hydrogens is 505 g/mol. The first-order valence-corrected chi connectivity index (χ1v) is 10.9. The topological polar surface area (TPSA) is 107 Å². The molecule has 4 heterocycles. The van der Waals surface area contributed by atoms with E-state index in [4.69, 9.17) is 9.47 Å². The van der Waals surface area contributed by atoms with Gasteiger partial charge in [0.1, 0.15) is 18.1 Å². The minimum absolute atomic E-state index is 0.0362. The molecule has 0 radical (unpaired) electrons. The summed E-state index contributed by atoms with van der Waals surface area (Å²) in [5.41, 5.74) is -0.620. The minimum Gasteiger partial charge on any atom is -0.495 e. The van der Waals surface area contributed by atoms with Crippen molar-refractivity contribution >= 4 is 11.7 Å². The van der Waals surface area contributed by atoms with Gasteiger partial charge in [0.15, 0.2) is 11.4 Å². The molecule has 0 unspecified atom stereocenters. The maximum Gasteiger partial charge on any atom is 0.434 e. The summed E-state index contributed by atoms with van der Waals surface area (Å²) < 4.78 is 78.4. The second-order valence-corrected chi connectivity index (χ2v) is 8.26. The number of pyridine rings is 1. The summed E-state index contributed by atoms with van der Waals surface area (Å²) in [6, 6.07) is 2.28. The highest BCUT2D eigenvalue weighted by atomic mass is 19.4. The number of rotatable bonds is 6. The molecule has 1 amide bonds. The predicted molar refractivity (Wildman–Crippen MR) is 119 cm³/mol. The predicted octanol–water partition coefficient (Wildman–Crippen LogP) is 3.23. The lowest BCUT2D eigenvalue weighted by Gasteiger charge is -2.43. The van der Waals surface area contributed by atoms with Gasteiger partial charge in [-0.2, -0.15) is 22.0 Å². The van der Waals surface area contributed by atoms with Gasteiger partial charge in [-0.05, 0) is 19.1 Å². The Labute approximate surface area is 207 Å². The highest BCUT2D eigenvalue weighted by Crippen LogP contribution is 2.32. The van der Waals surface area contributed by atoms with Crippen molar-refractivity contribution in [3.8, 4) is 17.1 Å². The summed E-state index contributed by atoms with van der Waals surface area (Å²) >= 11 is 0. The second-order valence-electron chi connectivity index (χ2n) is 8.26. The summed E-state index contributed by atoms with van der Waals surface area (Å²) in [7, 11) is 3.10. The quantitative estimate of drug-likeness (QED) is 0.487. The molecule has 0 bridgehead atoms. The largest absolute Gasteiger partial charge is 0.495 e. The Kier molecular flexibility index (Phi) is 6.99. The monoisotopic (exact) mass is 527 g/mol. The minimum atomic E-state index is -4.66. The van der Waals surface area contributed by atoms with E-state index >= 15 is 0 Å². The third kappa shape index (κ3) is 5.60. The van der Waals surface area contributed by atoms with Crippen LogP contribution >= 0.6 is 0 Å². The molecule has 0 aromatic carbocycles. The molecule has 1 saturated heterocycles. The van der Waals surface area contributed by atoms with Crippen LogP contribution in [0, 0.1) is 0 Å². The van der Waals surface area contributed by atoms with Crippen LogP contribution in [0.5, 0.6) is 5.75 Å². The van der Waals surface area contributed by atoms with Crippen LogP contribution in [-0.4, -0.2) is 73.8 Å². The molecule has 1 N–H and O–H groups in total. The fourth-order valence-electron chi connectivity index (χ4n) is 3.90. The molecule has 3 aromatic rings. The molecule has 0 aliphatic carbocycles. The number of aryl methyl sites for hydroxylation is 1. The van der Waals surface area contributed by atoms with Gasteiger partial charge in [-0.3, -0.25) is 9.78 Å². The van der Waals surface area contributed by atoms with E-state index in [0.717, 1.165) is 11.1 Å². The molecule has 10 nitrogen and oxygen atoms in total. The van der Waals surface area contributed by atoms with Gasteiger partial charge in [-0.15, -0.1) is 0 Å². The summed E-state index contributed by atoms with van der Waals surface area (Å²) in [5.74, 6) is -0.350. The number of hydrogen-bond acceptors (Lipinski definition) is 8. The Morgan fingerprint density at radius 2 is 1.95 bits per heavy atom. The van der Waals surface area contributed by atoms with Crippen molar-refractivity contribution in [1.29, 1.82) is 0 Å². The number of carbonyl (C=O) groups excluding carboxylic acids is 1. The third-order valence-electron chi connectivity index (χ3n) is 5.70. The van der Waals surface area contributed by atoms with Crippen LogP contribution in [-0.2, 0) is 18.0 Å². The Morgan fingerprint density at radius 3 is 2.54 bits per heavy atom. The zero-order valence-electron chi connectivity index (χ0n) is 19.8. The maximum atomic E-state index is 14.4. The fraction of sp³-hybridized carbons (Fsp3) is 0.409. The molecule has 1 aliphatic heterocycles. The van der Waals surface area contributed by atoms with Gasteiger partial charge >= 0.3 is 12.3 Å². The lowest BCUT2D eigenvalue weighted by Crippen LogP contribution is -2.61. The van der Waals surface area contributed by atoms with Gasteiger partial charge in [0.2, 0.25) is 0 Å². The van der Waals surface area contributed by atoms with Crippen LogP contribution in [0.1, 0.15) is 23.1 Å². The maximum absolute atomic E-state index is 14.4. The number of ether oxygens (including phenoxy) is 2. The average Bonchev–Trinajstić information content (AvgIpc) is 3.23. The van der Waals surface area contributed by atoms with Crippen LogP contribution in [0.4, 0.5) is 27.8 Å². The Morgan fingerprint density at radius 1 is 1.19 bits per heavy atom. The molecule has 1 aliphatic rings. The molecule has 1 fully saturated rings. The van der Waals surface area contributed by atoms with E-state index in [0.29, 0.717) is 23.3 Å². The van der Waals surface area contributed by atoms with E-state index in [2.05, 4.69) is 25.3 Å². The van der Waals surface area contributed by atoms with Crippen molar-refractivity contribution in [1.82, 2.24) is 29.4 Å². The number of amides is 1. The van der Waals surface area contributed by atoms with Crippen LogP contribution in [0.3, 0.4) is 0 Å². The van der Waals surface area contributed by atoms with Gasteiger partial charge < -0.3 is 24.3 Å². The molecule has 15 heteroatoms. The van der Waals surface area contributed by atoms with Crippen molar-refractivity contribution in [2.24, 2.45) is 7.05 Å². The third-order valence-corrected chi connectivity index (χ3v) is 5.70. The normalized spacial score (nSPS) is 19.5. The number of carbonyl (C=O) groups is 1. The SMILES string of the molecule is COc1ccc(-c2c(C(=O)N3CC(F)(F)O[C@@H](C)[C@H]3CNc3cnc(C(F)(F)F)cn3)ncn2C)nc1. The Balaban J connectivity index is 1.60. The number of alkyl halides is 5. The molecule has 2 atom stereocenters. The molecule has 0 spiro atoms. The van der Waals surface area contributed by atoms with E-state index in [9.17, 15) is 26.7 Å². The summed E-state index contributed by atoms with van der Waals surface area (Å²) in [6.07, 6.45) is -5.22. The van der Waals surface area contributed by atoms with Crippen LogP contribution < -0.4 is 10.1 Å². The zero-order valence-corrected chi connectivity index (χ0v) is 19.8. The van der Waals surface area contributed by atoms with Gasteiger partial charge in [0.25, 0.3) is 5.91 Å².